The molecule has 2 unspecified atom stereocenters. The Morgan fingerprint density at radius 2 is 1.03 bits per heavy atom. The molecule has 0 bridgehead atoms. The predicted octanol–water partition coefficient (Wildman–Crippen LogP) is 6.46. The van der Waals surface area contributed by atoms with E-state index in [0.29, 0.717) is 0 Å². The highest BCUT2D eigenvalue weighted by Gasteiger charge is 2.49. The second-order valence-corrected chi connectivity index (χ2v) is 9.80. The van der Waals surface area contributed by atoms with Gasteiger partial charge in [-0.3, -0.25) is 0 Å². The van der Waals surface area contributed by atoms with E-state index in [9.17, 15) is 0 Å². The van der Waals surface area contributed by atoms with Gasteiger partial charge >= 0.3 is 0 Å². The lowest BCUT2D eigenvalue weighted by atomic mass is 9.95. The first-order valence-corrected chi connectivity index (χ1v) is 12.3. The molecule has 0 aromatic heterocycles. The number of hydrogen-bond acceptors (Lipinski definition) is 5. The number of benzene rings is 4. The van der Waals surface area contributed by atoms with Crippen molar-refractivity contribution in [2.45, 2.75) is 11.2 Å². The summed E-state index contributed by atoms with van der Waals surface area (Å²) in [5.74, 6) is 1.55. The summed E-state index contributed by atoms with van der Waals surface area (Å²) >= 11 is 2.95. The number of fused-ring (bicyclic) bond motifs is 2. The predicted molar refractivity (Wildman–Crippen MR) is 129 cm³/mol. The second kappa shape index (κ2) is 7.84. The summed E-state index contributed by atoms with van der Waals surface area (Å²) in [5, 5.41) is 5.02. The van der Waals surface area contributed by atoms with Crippen molar-refractivity contribution < 1.29 is 13.1 Å². The molecular formula is C26H22O3S2. The molecule has 4 aromatic rings. The lowest BCUT2D eigenvalue weighted by molar-refractivity contribution is 0.333. The monoisotopic (exact) mass is 446 g/mol. The molecule has 2 saturated heterocycles. The average molecular weight is 447 g/mol. The standard InChI is InChI=1S/C26H22O3S2/c1-3-11-21-19(7-1)9-5-13-23(21)25(15-27-25)17-30-29-31-18-26(16-28-26)24-14-6-10-20-8-2-4-12-22(20)24/h1-14H,15-18H2. The van der Waals surface area contributed by atoms with Gasteiger partial charge in [-0.15, -0.1) is 0 Å². The van der Waals surface area contributed by atoms with Crippen LogP contribution in [0.15, 0.2) is 84.9 Å². The molecule has 3 nitrogen and oxygen atoms in total. The molecule has 156 valence electrons. The molecule has 2 aliphatic rings. The van der Waals surface area contributed by atoms with Crippen LogP contribution in [-0.4, -0.2) is 24.7 Å². The molecule has 0 radical (unpaired) electrons. The Hall–Kier alpha value is -2.02. The third kappa shape index (κ3) is 3.65. The SMILES string of the molecule is c1ccc2c(C3(CSOSCC4(c5cccc6ccccc56)CO4)CO3)cccc2c1. The molecule has 0 aliphatic carbocycles. The molecule has 2 heterocycles. The van der Waals surface area contributed by atoms with Gasteiger partial charge in [0.05, 0.1) is 24.7 Å². The molecule has 2 fully saturated rings. The van der Waals surface area contributed by atoms with Crippen molar-refractivity contribution >= 4 is 45.6 Å². The Labute approximate surface area is 190 Å². The fourth-order valence-electron chi connectivity index (χ4n) is 4.33. The number of epoxide rings is 2. The van der Waals surface area contributed by atoms with E-state index in [2.05, 4.69) is 84.9 Å². The van der Waals surface area contributed by atoms with E-state index >= 15 is 0 Å². The summed E-state index contributed by atoms with van der Waals surface area (Å²) in [6.07, 6.45) is 0. The quantitative estimate of drug-likeness (QED) is 0.176. The molecule has 2 atom stereocenters. The van der Waals surface area contributed by atoms with Gasteiger partial charge in [-0.25, -0.2) is 3.63 Å². The summed E-state index contributed by atoms with van der Waals surface area (Å²) in [6, 6.07) is 29.8. The fourth-order valence-corrected chi connectivity index (χ4v) is 6.01. The Morgan fingerprint density at radius 1 is 0.613 bits per heavy atom. The summed E-state index contributed by atoms with van der Waals surface area (Å²) in [4.78, 5) is 0. The van der Waals surface area contributed by atoms with E-state index in [-0.39, 0.29) is 11.2 Å². The van der Waals surface area contributed by atoms with Crippen molar-refractivity contribution in [3.8, 4) is 0 Å². The number of ether oxygens (including phenoxy) is 2. The summed E-state index contributed by atoms with van der Waals surface area (Å²) in [6.45, 7) is 1.48. The smallest absolute Gasteiger partial charge is 0.128 e. The van der Waals surface area contributed by atoms with Crippen LogP contribution in [-0.2, 0) is 24.3 Å². The zero-order valence-electron chi connectivity index (χ0n) is 17.0. The van der Waals surface area contributed by atoms with E-state index in [1.165, 1.54) is 56.8 Å². The lowest BCUT2D eigenvalue weighted by Gasteiger charge is -2.16. The minimum absolute atomic E-state index is 0.241. The third-order valence-corrected chi connectivity index (χ3v) is 8.17. The van der Waals surface area contributed by atoms with E-state index in [1.807, 2.05) is 0 Å². The molecular weight excluding hydrogens is 424 g/mol. The van der Waals surface area contributed by atoms with Gasteiger partial charge in [0.1, 0.15) is 11.2 Å². The minimum Gasteiger partial charge on any atom is -0.363 e. The zero-order valence-corrected chi connectivity index (χ0v) is 18.6. The highest BCUT2D eigenvalue weighted by molar-refractivity contribution is 8.07. The third-order valence-electron chi connectivity index (χ3n) is 6.23. The first kappa shape index (κ1) is 19.6. The van der Waals surface area contributed by atoms with Crippen LogP contribution >= 0.6 is 24.1 Å². The minimum atomic E-state index is -0.241. The zero-order chi connectivity index (χ0) is 20.7. The van der Waals surface area contributed by atoms with Crippen LogP contribution in [0.25, 0.3) is 21.5 Å². The largest absolute Gasteiger partial charge is 0.363 e. The van der Waals surface area contributed by atoms with E-state index in [4.69, 9.17) is 13.1 Å². The van der Waals surface area contributed by atoms with E-state index in [0.717, 1.165) is 24.7 Å². The highest BCUT2D eigenvalue weighted by atomic mass is 32.2. The van der Waals surface area contributed by atoms with Gasteiger partial charge in [-0.05, 0) is 32.7 Å². The van der Waals surface area contributed by atoms with Gasteiger partial charge in [0, 0.05) is 24.1 Å². The molecule has 0 saturated carbocycles. The topological polar surface area (TPSA) is 34.3 Å². The molecule has 6 rings (SSSR count). The van der Waals surface area contributed by atoms with E-state index in [1.54, 1.807) is 0 Å². The van der Waals surface area contributed by atoms with Gasteiger partial charge in [-0.1, -0.05) is 84.9 Å². The second-order valence-electron chi connectivity index (χ2n) is 8.21. The molecule has 5 heteroatoms. The van der Waals surface area contributed by atoms with Crippen molar-refractivity contribution in [3.63, 3.8) is 0 Å². The van der Waals surface area contributed by atoms with Crippen LogP contribution in [0.4, 0.5) is 0 Å². The van der Waals surface area contributed by atoms with Crippen molar-refractivity contribution in [2.75, 3.05) is 24.7 Å². The highest BCUT2D eigenvalue weighted by Crippen LogP contribution is 2.47. The van der Waals surface area contributed by atoms with Crippen LogP contribution < -0.4 is 0 Å². The Kier molecular flexibility index (Phi) is 4.97. The summed E-state index contributed by atoms with van der Waals surface area (Å²) in [7, 11) is 0. The van der Waals surface area contributed by atoms with Gasteiger partial charge in [-0.2, -0.15) is 0 Å². The summed E-state index contributed by atoms with van der Waals surface area (Å²) in [5.41, 5.74) is 2.03. The maximum absolute atomic E-state index is 5.93. The van der Waals surface area contributed by atoms with E-state index < -0.39 is 0 Å². The molecule has 0 spiro atoms. The first-order valence-electron chi connectivity index (χ1n) is 10.5. The Morgan fingerprint density at radius 3 is 1.48 bits per heavy atom. The molecule has 0 N–H and O–H groups in total. The molecule has 0 amide bonds. The van der Waals surface area contributed by atoms with Crippen molar-refractivity contribution in [3.05, 3.63) is 96.1 Å². The van der Waals surface area contributed by atoms with Gasteiger partial charge in [0.15, 0.2) is 0 Å². The van der Waals surface area contributed by atoms with Crippen molar-refractivity contribution in [1.29, 1.82) is 0 Å². The maximum atomic E-state index is 5.93. The first-order chi connectivity index (χ1) is 15.3. The van der Waals surface area contributed by atoms with Crippen LogP contribution in [0.5, 0.6) is 0 Å². The fraction of sp³-hybridized carbons (Fsp3) is 0.231. The van der Waals surface area contributed by atoms with Crippen LogP contribution in [0.1, 0.15) is 11.1 Å². The van der Waals surface area contributed by atoms with Gasteiger partial charge in [0.2, 0.25) is 0 Å². The van der Waals surface area contributed by atoms with Gasteiger partial charge < -0.3 is 9.47 Å². The van der Waals surface area contributed by atoms with Crippen LogP contribution in [0.2, 0.25) is 0 Å². The Bertz CT molecular complexity index is 1140. The normalized spacial score (nSPS) is 24.5. The maximum Gasteiger partial charge on any atom is 0.128 e. The average Bonchev–Trinajstić information content (AvgIpc) is 3.75. The molecule has 2 aliphatic heterocycles. The van der Waals surface area contributed by atoms with Crippen LogP contribution in [0, 0.1) is 0 Å². The molecule has 4 aromatic carbocycles. The summed E-state index contributed by atoms with van der Waals surface area (Å²) < 4.78 is 17.8. The lowest BCUT2D eigenvalue weighted by Crippen LogP contribution is -2.14. The van der Waals surface area contributed by atoms with Crippen molar-refractivity contribution in [2.24, 2.45) is 0 Å². The van der Waals surface area contributed by atoms with Crippen molar-refractivity contribution in [1.82, 2.24) is 0 Å². The molecule has 31 heavy (non-hydrogen) atoms. The number of rotatable bonds is 8. The number of hydrogen-bond donors (Lipinski definition) is 0. The Balaban J connectivity index is 1.10. The van der Waals surface area contributed by atoms with Gasteiger partial charge in [0.25, 0.3) is 0 Å². The van der Waals surface area contributed by atoms with Crippen LogP contribution in [0.3, 0.4) is 0 Å².